The van der Waals surface area contributed by atoms with Crippen LogP contribution in [0.15, 0.2) is 53.9 Å². The van der Waals surface area contributed by atoms with Gasteiger partial charge in [0.2, 0.25) is 5.91 Å². The third kappa shape index (κ3) is 4.52. The molecule has 0 saturated carbocycles. The van der Waals surface area contributed by atoms with E-state index in [2.05, 4.69) is 20.8 Å². The van der Waals surface area contributed by atoms with Gasteiger partial charge in [-0.1, -0.05) is 13.0 Å². The lowest BCUT2D eigenvalue weighted by Crippen LogP contribution is -2.17. The molecule has 0 saturated heterocycles. The Kier molecular flexibility index (Phi) is 5.37. The molecule has 0 fully saturated rings. The van der Waals surface area contributed by atoms with Crippen LogP contribution in [0.2, 0.25) is 0 Å². The summed E-state index contributed by atoms with van der Waals surface area (Å²) in [6.45, 7) is 1.78. The Labute approximate surface area is 128 Å². The minimum Gasteiger partial charge on any atom is -0.326 e. The number of benzene rings is 1. The largest absolute Gasteiger partial charge is 0.326 e. The van der Waals surface area contributed by atoms with E-state index in [1.807, 2.05) is 6.07 Å². The Bertz CT molecular complexity index is 666. The molecule has 6 nitrogen and oxygen atoms in total. The molecule has 2 aromatic rings. The van der Waals surface area contributed by atoms with Crippen molar-refractivity contribution < 1.29 is 9.59 Å². The van der Waals surface area contributed by atoms with Gasteiger partial charge in [-0.2, -0.15) is 5.10 Å². The van der Waals surface area contributed by atoms with Crippen molar-refractivity contribution in [1.82, 2.24) is 10.4 Å². The SMILES string of the molecule is CCC(=O)Nc1ccc(C(=O)N/N=C\c2cccnc2)cc1. The van der Waals surface area contributed by atoms with Crippen LogP contribution in [0.4, 0.5) is 5.69 Å². The zero-order valence-corrected chi connectivity index (χ0v) is 12.1. The van der Waals surface area contributed by atoms with E-state index in [-0.39, 0.29) is 11.8 Å². The highest BCUT2D eigenvalue weighted by Crippen LogP contribution is 2.09. The second-order valence-corrected chi connectivity index (χ2v) is 4.46. The van der Waals surface area contributed by atoms with Gasteiger partial charge in [-0.3, -0.25) is 14.6 Å². The zero-order chi connectivity index (χ0) is 15.8. The van der Waals surface area contributed by atoms with E-state index in [1.165, 1.54) is 6.21 Å². The van der Waals surface area contributed by atoms with Crippen molar-refractivity contribution in [3.05, 3.63) is 59.9 Å². The maximum Gasteiger partial charge on any atom is 0.271 e. The molecule has 2 rings (SSSR count). The predicted octanol–water partition coefficient (Wildman–Crippen LogP) is 2.19. The summed E-state index contributed by atoms with van der Waals surface area (Å²) in [5.41, 5.74) is 4.34. The van der Waals surface area contributed by atoms with Gasteiger partial charge in [-0.05, 0) is 30.3 Å². The van der Waals surface area contributed by atoms with Crippen LogP contribution in [0.1, 0.15) is 29.3 Å². The van der Waals surface area contributed by atoms with Gasteiger partial charge in [0.1, 0.15) is 0 Å². The molecule has 1 heterocycles. The molecule has 0 unspecified atom stereocenters. The molecule has 1 aromatic heterocycles. The molecule has 0 atom stereocenters. The zero-order valence-electron chi connectivity index (χ0n) is 12.1. The summed E-state index contributed by atoms with van der Waals surface area (Å²) >= 11 is 0. The first-order valence-corrected chi connectivity index (χ1v) is 6.82. The standard InChI is InChI=1S/C16H16N4O2/c1-2-15(21)19-14-7-5-13(6-8-14)16(22)20-18-11-12-4-3-9-17-10-12/h3-11H,2H2,1H3,(H,19,21)(H,20,22)/b18-11-. The molecule has 112 valence electrons. The van der Waals surface area contributed by atoms with Crippen LogP contribution in [0.5, 0.6) is 0 Å². The van der Waals surface area contributed by atoms with Crippen LogP contribution in [0, 0.1) is 0 Å². The van der Waals surface area contributed by atoms with Crippen LogP contribution >= 0.6 is 0 Å². The molecule has 0 aliphatic carbocycles. The normalized spacial score (nSPS) is 10.4. The molecular formula is C16H16N4O2. The molecule has 2 amide bonds. The molecule has 0 spiro atoms. The van der Waals surface area contributed by atoms with Gasteiger partial charge in [0.25, 0.3) is 5.91 Å². The topological polar surface area (TPSA) is 83.5 Å². The molecule has 0 aliphatic rings. The van der Waals surface area contributed by atoms with E-state index in [4.69, 9.17) is 0 Å². The first-order valence-electron chi connectivity index (χ1n) is 6.82. The summed E-state index contributed by atoms with van der Waals surface area (Å²) in [6, 6.07) is 10.2. The van der Waals surface area contributed by atoms with E-state index >= 15 is 0 Å². The first kappa shape index (κ1) is 15.4. The van der Waals surface area contributed by atoms with Gasteiger partial charge in [-0.15, -0.1) is 0 Å². The summed E-state index contributed by atoms with van der Waals surface area (Å²) in [5, 5.41) is 6.58. The number of anilines is 1. The first-order chi connectivity index (χ1) is 10.7. The van der Waals surface area contributed by atoms with Crippen LogP contribution < -0.4 is 10.7 Å². The minimum atomic E-state index is -0.325. The lowest BCUT2D eigenvalue weighted by Gasteiger charge is -2.04. The molecule has 0 radical (unpaired) electrons. The maximum absolute atomic E-state index is 11.9. The van der Waals surface area contributed by atoms with Gasteiger partial charge >= 0.3 is 0 Å². The van der Waals surface area contributed by atoms with E-state index < -0.39 is 0 Å². The number of carbonyl (C=O) groups excluding carboxylic acids is 2. The van der Waals surface area contributed by atoms with Crippen LogP contribution in [-0.2, 0) is 4.79 Å². The van der Waals surface area contributed by atoms with Crippen molar-refractivity contribution in [1.29, 1.82) is 0 Å². The van der Waals surface area contributed by atoms with Crippen LogP contribution in [0.3, 0.4) is 0 Å². The van der Waals surface area contributed by atoms with Crippen LogP contribution in [0.25, 0.3) is 0 Å². The highest BCUT2D eigenvalue weighted by atomic mass is 16.2. The van der Waals surface area contributed by atoms with Gasteiger partial charge in [0, 0.05) is 35.6 Å². The number of hydrazone groups is 1. The second kappa shape index (κ2) is 7.68. The van der Waals surface area contributed by atoms with Crippen LogP contribution in [-0.4, -0.2) is 23.0 Å². The lowest BCUT2D eigenvalue weighted by molar-refractivity contribution is -0.115. The molecule has 6 heteroatoms. The quantitative estimate of drug-likeness (QED) is 0.655. The fraction of sp³-hybridized carbons (Fsp3) is 0.125. The lowest BCUT2D eigenvalue weighted by atomic mass is 10.2. The third-order valence-electron chi connectivity index (χ3n) is 2.82. The van der Waals surface area contributed by atoms with Gasteiger partial charge in [0.15, 0.2) is 0 Å². The fourth-order valence-electron chi connectivity index (χ4n) is 1.64. The van der Waals surface area contributed by atoms with Crippen molar-refractivity contribution in [2.45, 2.75) is 13.3 Å². The number of amides is 2. The van der Waals surface area contributed by atoms with E-state index in [0.29, 0.717) is 17.7 Å². The number of hydrogen-bond donors (Lipinski definition) is 2. The molecule has 2 N–H and O–H groups in total. The summed E-state index contributed by atoms with van der Waals surface area (Å²) in [4.78, 5) is 27.1. The van der Waals surface area contributed by atoms with Crippen molar-refractivity contribution in [3.63, 3.8) is 0 Å². The summed E-state index contributed by atoms with van der Waals surface area (Å²) in [6.07, 6.45) is 5.22. The van der Waals surface area contributed by atoms with E-state index in [0.717, 1.165) is 5.56 Å². The minimum absolute atomic E-state index is 0.0710. The number of rotatable bonds is 5. The Morgan fingerprint density at radius 2 is 2.00 bits per heavy atom. The van der Waals surface area contributed by atoms with Gasteiger partial charge in [-0.25, -0.2) is 5.43 Å². The van der Waals surface area contributed by atoms with Crippen molar-refractivity contribution in [2.24, 2.45) is 5.10 Å². The summed E-state index contributed by atoms with van der Waals surface area (Å²) < 4.78 is 0. The Morgan fingerprint density at radius 1 is 1.23 bits per heavy atom. The van der Waals surface area contributed by atoms with Crippen molar-refractivity contribution in [2.75, 3.05) is 5.32 Å². The summed E-state index contributed by atoms with van der Waals surface area (Å²) in [5.74, 6) is -0.396. The molecule has 22 heavy (non-hydrogen) atoms. The van der Waals surface area contributed by atoms with Gasteiger partial charge in [0.05, 0.1) is 6.21 Å². The second-order valence-electron chi connectivity index (χ2n) is 4.46. The number of carbonyl (C=O) groups is 2. The third-order valence-corrected chi connectivity index (χ3v) is 2.82. The number of nitrogens with one attached hydrogen (secondary N) is 2. The van der Waals surface area contributed by atoms with Gasteiger partial charge < -0.3 is 5.32 Å². The fourth-order valence-corrected chi connectivity index (χ4v) is 1.64. The maximum atomic E-state index is 11.9. The highest BCUT2D eigenvalue weighted by molar-refractivity contribution is 5.96. The Morgan fingerprint density at radius 3 is 2.64 bits per heavy atom. The molecule has 1 aromatic carbocycles. The molecule has 0 bridgehead atoms. The monoisotopic (exact) mass is 296 g/mol. The average molecular weight is 296 g/mol. The highest BCUT2D eigenvalue weighted by Gasteiger charge is 2.04. The van der Waals surface area contributed by atoms with Crippen molar-refractivity contribution in [3.8, 4) is 0 Å². The number of nitrogens with zero attached hydrogens (tertiary/aromatic N) is 2. The molecular weight excluding hydrogens is 280 g/mol. The van der Waals surface area contributed by atoms with E-state index in [1.54, 1.807) is 49.6 Å². The number of pyridine rings is 1. The van der Waals surface area contributed by atoms with Crippen molar-refractivity contribution >= 4 is 23.7 Å². The summed E-state index contributed by atoms with van der Waals surface area (Å²) in [7, 11) is 0. The molecule has 0 aliphatic heterocycles. The smallest absolute Gasteiger partial charge is 0.271 e. The number of hydrogen-bond acceptors (Lipinski definition) is 4. The average Bonchev–Trinajstić information content (AvgIpc) is 2.56. The van der Waals surface area contributed by atoms with E-state index in [9.17, 15) is 9.59 Å². The predicted molar refractivity (Wildman–Crippen MR) is 84.7 cm³/mol. The Balaban J connectivity index is 1.92. The Hall–Kier alpha value is -3.02. The number of aromatic nitrogens is 1.